The average molecular weight is 514 g/mol. The van der Waals surface area contributed by atoms with Gasteiger partial charge in [-0.2, -0.15) is 0 Å². The summed E-state index contributed by atoms with van der Waals surface area (Å²) in [4.78, 5) is 32.5. The Morgan fingerprint density at radius 1 is 1.00 bits per heavy atom. The second kappa shape index (κ2) is 9.56. The SMILES string of the molecule is CC(C)(C)OC(=O)C1=C(O)C[C@H](c2ccccc2)[C@@]2(N=C(c3ccccc3)OC2=O)[C@H]1c1ccccc1F. The molecule has 3 aromatic carbocycles. The van der Waals surface area contributed by atoms with Crippen molar-refractivity contribution in [1.29, 1.82) is 0 Å². The Bertz CT molecular complexity index is 1440. The average Bonchev–Trinajstić information content (AvgIpc) is 3.22. The third kappa shape index (κ3) is 4.38. The minimum absolute atomic E-state index is 0.0375. The van der Waals surface area contributed by atoms with Gasteiger partial charge < -0.3 is 14.6 Å². The molecule has 2 aliphatic rings. The molecule has 3 atom stereocenters. The van der Waals surface area contributed by atoms with E-state index in [4.69, 9.17) is 14.5 Å². The minimum atomic E-state index is -1.78. The molecule has 0 fully saturated rings. The predicted octanol–water partition coefficient (Wildman–Crippen LogP) is 5.99. The van der Waals surface area contributed by atoms with Crippen LogP contribution in [-0.2, 0) is 19.1 Å². The maximum absolute atomic E-state index is 15.5. The molecule has 194 valence electrons. The van der Waals surface area contributed by atoms with Crippen molar-refractivity contribution in [2.45, 2.75) is 50.2 Å². The van der Waals surface area contributed by atoms with Gasteiger partial charge in [0.05, 0.1) is 11.5 Å². The summed E-state index contributed by atoms with van der Waals surface area (Å²) in [6, 6.07) is 23.9. The molecule has 1 aliphatic heterocycles. The lowest BCUT2D eigenvalue weighted by Crippen LogP contribution is -2.51. The number of benzene rings is 3. The highest BCUT2D eigenvalue weighted by Crippen LogP contribution is 2.56. The first kappa shape index (κ1) is 25.4. The quantitative estimate of drug-likeness (QED) is 0.433. The summed E-state index contributed by atoms with van der Waals surface area (Å²) in [6.45, 7) is 5.09. The number of nitrogens with zero attached hydrogens (tertiary/aromatic N) is 1. The van der Waals surface area contributed by atoms with E-state index in [1.54, 1.807) is 51.1 Å². The zero-order valence-corrected chi connectivity index (χ0v) is 21.4. The summed E-state index contributed by atoms with van der Waals surface area (Å²) >= 11 is 0. The molecule has 0 unspecified atom stereocenters. The van der Waals surface area contributed by atoms with Crippen LogP contribution in [0.25, 0.3) is 0 Å². The van der Waals surface area contributed by atoms with E-state index in [9.17, 15) is 14.7 Å². The molecule has 0 saturated heterocycles. The third-order valence-corrected chi connectivity index (χ3v) is 6.83. The van der Waals surface area contributed by atoms with E-state index in [-0.39, 0.29) is 29.2 Å². The Morgan fingerprint density at radius 2 is 1.61 bits per heavy atom. The maximum atomic E-state index is 15.5. The lowest BCUT2D eigenvalue weighted by Gasteiger charge is -2.43. The van der Waals surface area contributed by atoms with Crippen molar-refractivity contribution in [3.8, 4) is 0 Å². The fraction of sp³-hybridized carbons (Fsp3) is 0.258. The second-order valence-electron chi connectivity index (χ2n) is 10.5. The molecule has 1 N–H and O–H groups in total. The highest BCUT2D eigenvalue weighted by molar-refractivity contribution is 6.10. The van der Waals surface area contributed by atoms with E-state index in [0.29, 0.717) is 11.1 Å². The summed E-state index contributed by atoms with van der Waals surface area (Å²) in [5, 5.41) is 11.4. The van der Waals surface area contributed by atoms with Gasteiger partial charge in [-0.25, -0.2) is 19.0 Å². The molecule has 1 heterocycles. The predicted molar refractivity (Wildman–Crippen MR) is 140 cm³/mol. The number of rotatable bonds is 4. The summed E-state index contributed by atoms with van der Waals surface area (Å²) < 4.78 is 27.0. The molecule has 1 spiro atoms. The molecule has 3 aromatic rings. The van der Waals surface area contributed by atoms with E-state index in [0.717, 1.165) is 0 Å². The van der Waals surface area contributed by atoms with E-state index in [1.807, 2.05) is 36.4 Å². The molecule has 38 heavy (non-hydrogen) atoms. The van der Waals surface area contributed by atoms with Gasteiger partial charge in [-0.15, -0.1) is 0 Å². The zero-order valence-electron chi connectivity index (χ0n) is 21.4. The number of aliphatic imine (C=N–C) groups is 1. The van der Waals surface area contributed by atoms with Crippen molar-refractivity contribution in [3.63, 3.8) is 0 Å². The fourth-order valence-electron chi connectivity index (χ4n) is 5.29. The number of hydrogen-bond acceptors (Lipinski definition) is 6. The van der Waals surface area contributed by atoms with Gasteiger partial charge in [0.1, 0.15) is 17.2 Å². The van der Waals surface area contributed by atoms with Crippen LogP contribution in [0.15, 0.2) is 101 Å². The van der Waals surface area contributed by atoms with Gasteiger partial charge in [-0.1, -0.05) is 66.7 Å². The first-order valence-corrected chi connectivity index (χ1v) is 12.4. The summed E-state index contributed by atoms with van der Waals surface area (Å²) in [5.41, 5.74) is -1.59. The van der Waals surface area contributed by atoms with Gasteiger partial charge >= 0.3 is 11.9 Å². The standard InChI is InChI=1S/C31H28FNO5/c1-30(2,3)38-28(35)25-24(34)18-22(19-12-6-4-7-13-19)31(26(25)21-16-10-11-17-23(21)32)29(36)37-27(33-31)20-14-8-5-9-15-20/h4-17,22,26,34H,18H2,1-3H3/t22-,26+,31-/m1/s1. The second-order valence-corrected chi connectivity index (χ2v) is 10.5. The largest absolute Gasteiger partial charge is 0.512 e. The number of aliphatic hydroxyl groups excluding tert-OH is 1. The first-order valence-electron chi connectivity index (χ1n) is 12.4. The number of ether oxygens (including phenoxy) is 2. The maximum Gasteiger partial charge on any atom is 0.342 e. The van der Waals surface area contributed by atoms with Gasteiger partial charge in [0.2, 0.25) is 5.90 Å². The first-order chi connectivity index (χ1) is 18.1. The molecule has 0 saturated carbocycles. The Balaban J connectivity index is 1.82. The van der Waals surface area contributed by atoms with E-state index in [1.165, 1.54) is 18.2 Å². The van der Waals surface area contributed by atoms with Crippen molar-refractivity contribution < 1.29 is 28.6 Å². The Labute approximate surface area is 220 Å². The van der Waals surface area contributed by atoms with Crippen molar-refractivity contribution in [2.24, 2.45) is 4.99 Å². The molecule has 0 radical (unpaired) electrons. The smallest absolute Gasteiger partial charge is 0.342 e. The van der Waals surface area contributed by atoms with Crippen molar-refractivity contribution in [2.75, 3.05) is 0 Å². The normalized spacial score (nSPS) is 23.3. The van der Waals surface area contributed by atoms with Gasteiger partial charge in [0.15, 0.2) is 5.54 Å². The van der Waals surface area contributed by atoms with Crippen LogP contribution in [0.1, 0.15) is 55.7 Å². The summed E-state index contributed by atoms with van der Waals surface area (Å²) in [6.07, 6.45) is -0.0930. The number of halogens is 1. The van der Waals surface area contributed by atoms with Crippen LogP contribution in [0.3, 0.4) is 0 Å². The van der Waals surface area contributed by atoms with Gasteiger partial charge in [-0.05, 0) is 50.1 Å². The van der Waals surface area contributed by atoms with Crippen LogP contribution in [0.2, 0.25) is 0 Å². The highest BCUT2D eigenvalue weighted by Gasteiger charge is 2.63. The van der Waals surface area contributed by atoms with Crippen LogP contribution in [0.5, 0.6) is 0 Å². The van der Waals surface area contributed by atoms with Crippen LogP contribution < -0.4 is 0 Å². The Morgan fingerprint density at radius 3 is 2.24 bits per heavy atom. The molecular weight excluding hydrogens is 485 g/mol. The molecule has 1 aliphatic carbocycles. The highest BCUT2D eigenvalue weighted by atomic mass is 19.1. The van der Waals surface area contributed by atoms with Crippen molar-refractivity contribution >= 4 is 17.8 Å². The van der Waals surface area contributed by atoms with Crippen LogP contribution in [0.4, 0.5) is 4.39 Å². The molecular formula is C31H28FNO5. The molecule has 6 nitrogen and oxygen atoms in total. The number of esters is 2. The topological polar surface area (TPSA) is 85.2 Å². The number of aliphatic hydroxyl groups is 1. The third-order valence-electron chi connectivity index (χ3n) is 6.83. The molecule has 5 rings (SSSR count). The monoisotopic (exact) mass is 513 g/mol. The zero-order chi connectivity index (χ0) is 27.1. The van der Waals surface area contributed by atoms with Gasteiger partial charge in [-0.3, -0.25) is 0 Å². The van der Waals surface area contributed by atoms with Crippen molar-refractivity contribution in [1.82, 2.24) is 0 Å². The lowest BCUT2D eigenvalue weighted by atomic mass is 9.61. The number of carbonyl (C=O) groups is 2. The minimum Gasteiger partial charge on any atom is -0.512 e. The number of hydrogen-bond donors (Lipinski definition) is 1. The number of carbonyl (C=O) groups excluding carboxylic acids is 2. The van der Waals surface area contributed by atoms with E-state index in [2.05, 4.69) is 0 Å². The number of allylic oxidation sites excluding steroid dienone is 1. The molecule has 0 amide bonds. The Hall–Kier alpha value is -4.26. The molecule has 0 aromatic heterocycles. The summed E-state index contributed by atoms with van der Waals surface area (Å²) in [5.74, 6) is -4.49. The van der Waals surface area contributed by atoms with Gasteiger partial charge in [0.25, 0.3) is 0 Å². The lowest BCUT2D eigenvalue weighted by molar-refractivity contribution is -0.151. The Kier molecular flexibility index (Phi) is 6.39. The molecule has 7 heteroatoms. The van der Waals surface area contributed by atoms with Crippen LogP contribution in [0, 0.1) is 5.82 Å². The molecule has 0 bridgehead atoms. The number of cyclic esters (lactones) is 1. The van der Waals surface area contributed by atoms with Gasteiger partial charge in [0, 0.05) is 17.9 Å². The summed E-state index contributed by atoms with van der Waals surface area (Å²) in [7, 11) is 0. The van der Waals surface area contributed by atoms with Crippen LogP contribution in [-0.4, -0.2) is 34.1 Å². The van der Waals surface area contributed by atoms with E-state index < -0.39 is 40.7 Å². The fourth-order valence-corrected chi connectivity index (χ4v) is 5.29. The van der Waals surface area contributed by atoms with E-state index >= 15 is 4.39 Å². The van der Waals surface area contributed by atoms with Crippen molar-refractivity contribution in [3.05, 3.63) is 119 Å². The van der Waals surface area contributed by atoms with Crippen LogP contribution >= 0.6 is 0 Å².